The molecule has 0 aromatic carbocycles. The average Bonchev–Trinajstić information content (AvgIpc) is 2.75. The van der Waals surface area contributed by atoms with E-state index < -0.39 is 25.9 Å². The first-order valence-corrected chi connectivity index (χ1v) is 9.67. The Morgan fingerprint density at radius 3 is 2.76 bits per heavy atom. The maximum Gasteiger partial charge on any atom is 0.244 e. The summed E-state index contributed by atoms with van der Waals surface area (Å²) in [4.78, 5) is 3.67. The molecule has 1 fully saturated rings. The summed E-state index contributed by atoms with van der Waals surface area (Å²) in [5.74, 6) is 2.01. The molecule has 0 spiro atoms. The van der Waals surface area contributed by atoms with E-state index in [0.29, 0.717) is 0 Å². The molecule has 1 atom stereocenters. The van der Waals surface area contributed by atoms with Crippen molar-refractivity contribution in [3.63, 3.8) is 0 Å². The lowest BCUT2D eigenvalue weighted by Gasteiger charge is -2.25. The van der Waals surface area contributed by atoms with E-state index in [2.05, 4.69) is 10.9 Å². The fourth-order valence-corrected chi connectivity index (χ4v) is 5.83. The number of nitrogens with zero attached hydrogens (tertiary/aromatic N) is 2. The number of pyridine rings is 1. The fourth-order valence-electron chi connectivity index (χ4n) is 2.18. The number of aromatic nitrogens is 1. The predicted molar refractivity (Wildman–Crippen MR) is 79.0 cm³/mol. The van der Waals surface area contributed by atoms with Crippen LogP contribution < -0.4 is 0 Å². The van der Waals surface area contributed by atoms with Crippen LogP contribution in [0.3, 0.4) is 0 Å². The van der Waals surface area contributed by atoms with E-state index in [1.165, 1.54) is 18.3 Å². The number of sulfonamides is 1. The SMILES string of the molecule is C#CCN(C1CCS(=O)(=O)C1)S(=O)(=O)c1ccnc(Cl)c1. The summed E-state index contributed by atoms with van der Waals surface area (Å²) < 4.78 is 49.4. The Morgan fingerprint density at radius 2 is 2.24 bits per heavy atom. The van der Waals surface area contributed by atoms with Crippen molar-refractivity contribution in [3.8, 4) is 12.3 Å². The van der Waals surface area contributed by atoms with E-state index in [9.17, 15) is 16.8 Å². The van der Waals surface area contributed by atoms with Gasteiger partial charge in [0.1, 0.15) is 5.15 Å². The van der Waals surface area contributed by atoms with E-state index >= 15 is 0 Å². The van der Waals surface area contributed by atoms with Gasteiger partial charge in [-0.2, -0.15) is 4.31 Å². The molecule has 9 heteroatoms. The zero-order valence-corrected chi connectivity index (χ0v) is 13.3. The smallest absolute Gasteiger partial charge is 0.244 e. The summed E-state index contributed by atoms with van der Waals surface area (Å²) >= 11 is 5.71. The molecule has 2 heterocycles. The van der Waals surface area contributed by atoms with Crippen LogP contribution in [0, 0.1) is 12.3 Å². The third-order valence-electron chi connectivity index (χ3n) is 3.17. The van der Waals surface area contributed by atoms with Crippen LogP contribution in [0.15, 0.2) is 23.2 Å². The molecule has 2 rings (SSSR count). The number of hydrogen-bond donors (Lipinski definition) is 0. The van der Waals surface area contributed by atoms with Crippen molar-refractivity contribution in [2.75, 3.05) is 18.1 Å². The summed E-state index contributed by atoms with van der Waals surface area (Å²) in [5, 5.41) is 0.0378. The van der Waals surface area contributed by atoms with Crippen LogP contribution in [-0.4, -0.2) is 50.2 Å². The lowest BCUT2D eigenvalue weighted by molar-refractivity contribution is 0.371. The van der Waals surface area contributed by atoms with Gasteiger partial charge in [0.2, 0.25) is 10.0 Å². The highest BCUT2D eigenvalue weighted by molar-refractivity contribution is 7.92. The lowest BCUT2D eigenvalue weighted by atomic mass is 10.3. The number of hydrogen-bond acceptors (Lipinski definition) is 5. The number of rotatable bonds is 4. The second kappa shape index (κ2) is 5.93. The molecule has 1 aliphatic heterocycles. The van der Waals surface area contributed by atoms with Crippen LogP contribution in [-0.2, 0) is 19.9 Å². The van der Waals surface area contributed by atoms with Crippen molar-refractivity contribution in [2.45, 2.75) is 17.4 Å². The van der Waals surface area contributed by atoms with Crippen molar-refractivity contribution < 1.29 is 16.8 Å². The van der Waals surface area contributed by atoms with Crippen LogP contribution in [0.5, 0.6) is 0 Å². The molecule has 0 saturated carbocycles. The van der Waals surface area contributed by atoms with Crippen LogP contribution in [0.25, 0.3) is 0 Å². The maximum absolute atomic E-state index is 12.6. The van der Waals surface area contributed by atoms with E-state index in [4.69, 9.17) is 18.0 Å². The predicted octanol–water partition coefficient (Wildman–Crippen LogP) is 0.546. The van der Waals surface area contributed by atoms with E-state index in [1.54, 1.807) is 0 Å². The molecule has 1 aliphatic rings. The third-order valence-corrected chi connectivity index (χ3v) is 7.02. The van der Waals surface area contributed by atoms with Gasteiger partial charge in [0.15, 0.2) is 9.84 Å². The van der Waals surface area contributed by atoms with Gasteiger partial charge in [0.05, 0.1) is 22.9 Å². The largest absolute Gasteiger partial charge is 0.244 e. The second-order valence-electron chi connectivity index (χ2n) is 4.63. The molecule has 1 aromatic rings. The van der Waals surface area contributed by atoms with Gasteiger partial charge in [-0.25, -0.2) is 21.8 Å². The van der Waals surface area contributed by atoms with Gasteiger partial charge in [0.25, 0.3) is 0 Å². The molecule has 1 aromatic heterocycles. The molecule has 0 bridgehead atoms. The van der Waals surface area contributed by atoms with E-state index in [1.807, 2.05) is 0 Å². The number of terminal acetylenes is 1. The second-order valence-corrected chi connectivity index (χ2v) is 9.13. The third kappa shape index (κ3) is 3.55. The quantitative estimate of drug-likeness (QED) is 0.586. The first-order chi connectivity index (χ1) is 9.76. The minimum absolute atomic E-state index is 0.0363. The molecule has 0 radical (unpaired) electrons. The molecular weight excluding hydrogens is 336 g/mol. The van der Waals surface area contributed by atoms with Gasteiger partial charge in [0, 0.05) is 12.2 Å². The van der Waals surface area contributed by atoms with Gasteiger partial charge in [-0.15, -0.1) is 6.42 Å². The molecule has 21 heavy (non-hydrogen) atoms. The highest BCUT2D eigenvalue weighted by Crippen LogP contribution is 2.25. The van der Waals surface area contributed by atoms with Crippen LogP contribution >= 0.6 is 11.6 Å². The number of sulfone groups is 1. The Labute approximate surface area is 129 Å². The van der Waals surface area contributed by atoms with Crippen molar-refractivity contribution in [1.82, 2.24) is 9.29 Å². The molecule has 1 saturated heterocycles. The standard InChI is InChI=1S/C12H13ClN2O4S2/c1-2-6-15(10-4-7-20(16,17)9-10)21(18,19)11-3-5-14-12(13)8-11/h1,3,5,8,10H,4,6-7,9H2. The first-order valence-electron chi connectivity index (χ1n) is 6.03. The summed E-state index contributed by atoms with van der Waals surface area (Å²) in [5.41, 5.74) is 0. The van der Waals surface area contributed by atoms with E-state index in [-0.39, 0.29) is 34.5 Å². The molecule has 0 aliphatic carbocycles. The highest BCUT2D eigenvalue weighted by Gasteiger charge is 2.38. The Kier molecular flexibility index (Phi) is 4.58. The van der Waals surface area contributed by atoms with Crippen molar-refractivity contribution >= 4 is 31.5 Å². The van der Waals surface area contributed by atoms with Crippen molar-refractivity contribution in [1.29, 1.82) is 0 Å². The molecule has 114 valence electrons. The van der Waals surface area contributed by atoms with Gasteiger partial charge < -0.3 is 0 Å². The van der Waals surface area contributed by atoms with Crippen LogP contribution in [0.2, 0.25) is 5.15 Å². The fraction of sp³-hybridized carbons (Fsp3) is 0.417. The number of halogens is 1. The Morgan fingerprint density at radius 1 is 1.52 bits per heavy atom. The Bertz CT molecular complexity index is 784. The zero-order chi connectivity index (χ0) is 15.7. The highest BCUT2D eigenvalue weighted by atomic mass is 35.5. The van der Waals surface area contributed by atoms with E-state index in [0.717, 1.165) is 4.31 Å². The molecule has 1 unspecified atom stereocenters. The molecule has 0 N–H and O–H groups in total. The lowest BCUT2D eigenvalue weighted by Crippen LogP contribution is -2.41. The zero-order valence-electron chi connectivity index (χ0n) is 10.9. The van der Waals surface area contributed by atoms with Crippen LogP contribution in [0.1, 0.15) is 6.42 Å². The average molecular weight is 349 g/mol. The minimum Gasteiger partial charge on any atom is -0.244 e. The molecular formula is C12H13ClN2O4S2. The normalized spacial score (nSPS) is 21.3. The topological polar surface area (TPSA) is 84.4 Å². The maximum atomic E-state index is 12.6. The summed E-state index contributed by atoms with van der Waals surface area (Å²) in [7, 11) is -7.14. The first kappa shape index (κ1) is 16.2. The monoisotopic (exact) mass is 348 g/mol. The van der Waals surface area contributed by atoms with Gasteiger partial charge in [-0.05, 0) is 18.6 Å². The summed E-state index contributed by atoms with van der Waals surface area (Å²) in [6, 6.07) is 1.86. The van der Waals surface area contributed by atoms with Crippen molar-refractivity contribution in [3.05, 3.63) is 23.5 Å². The van der Waals surface area contributed by atoms with Gasteiger partial charge in [-0.3, -0.25) is 0 Å². The minimum atomic E-state index is -3.92. The Hall–Kier alpha value is -1.14. The summed E-state index contributed by atoms with van der Waals surface area (Å²) in [6.45, 7) is -0.192. The molecule has 6 nitrogen and oxygen atoms in total. The molecule has 0 amide bonds. The van der Waals surface area contributed by atoms with Gasteiger partial charge in [-0.1, -0.05) is 17.5 Å². The van der Waals surface area contributed by atoms with Crippen LogP contribution in [0.4, 0.5) is 0 Å². The Balaban J connectivity index is 2.40. The van der Waals surface area contributed by atoms with Crippen molar-refractivity contribution in [2.24, 2.45) is 0 Å². The summed E-state index contributed by atoms with van der Waals surface area (Å²) in [6.07, 6.45) is 6.74. The van der Waals surface area contributed by atoms with Gasteiger partial charge >= 0.3 is 0 Å².